The van der Waals surface area contributed by atoms with Crippen LogP contribution >= 0.6 is 0 Å². The highest BCUT2D eigenvalue weighted by Gasteiger charge is 2.03. The van der Waals surface area contributed by atoms with Crippen LogP contribution in [0.5, 0.6) is 5.75 Å². The van der Waals surface area contributed by atoms with Gasteiger partial charge in [-0.15, -0.1) is 0 Å². The Morgan fingerprint density at radius 1 is 0.962 bits per heavy atom. The van der Waals surface area contributed by atoms with E-state index in [4.69, 9.17) is 4.74 Å². The molecular formula is C20H23N5O. The maximum absolute atomic E-state index is 5.26. The second kappa shape index (κ2) is 8.80. The first-order valence-corrected chi connectivity index (χ1v) is 8.58. The number of anilines is 2. The Balaban J connectivity index is 1.56. The van der Waals surface area contributed by atoms with Gasteiger partial charge in [0.1, 0.15) is 23.2 Å². The molecule has 134 valence electrons. The molecule has 26 heavy (non-hydrogen) atoms. The number of benzene rings is 1. The van der Waals surface area contributed by atoms with Crippen LogP contribution in [0.2, 0.25) is 0 Å². The molecule has 6 heteroatoms. The van der Waals surface area contributed by atoms with Gasteiger partial charge >= 0.3 is 0 Å². The van der Waals surface area contributed by atoms with Gasteiger partial charge in [0.25, 0.3) is 0 Å². The highest BCUT2D eigenvalue weighted by Crippen LogP contribution is 2.15. The quantitative estimate of drug-likeness (QED) is 0.649. The fourth-order valence-corrected chi connectivity index (χ4v) is 2.61. The normalized spacial score (nSPS) is 10.4. The molecule has 0 radical (unpaired) electrons. The minimum absolute atomic E-state index is 0.674. The molecule has 3 aromatic rings. The monoisotopic (exact) mass is 349 g/mol. The fourth-order valence-electron chi connectivity index (χ4n) is 2.61. The fraction of sp³-hybridized carbons (Fsp3) is 0.250. The largest absolute Gasteiger partial charge is 0.497 e. The third kappa shape index (κ3) is 5.17. The summed E-state index contributed by atoms with van der Waals surface area (Å²) in [6, 6.07) is 14.0. The average molecular weight is 349 g/mol. The summed E-state index contributed by atoms with van der Waals surface area (Å²) in [4.78, 5) is 13.0. The van der Waals surface area contributed by atoms with Crippen LogP contribution in [0.3, 0.4) is 0 Å². The molecule has 0 spiro atoms. The van der Waals surface area contributed by atoms with Gasteiger partial charge in [0, 0.05) is 31.5 Å². The topological polar surface area (TPSA) is 72.0 Å². The van der Waals surface area contributed by atoms with E-state index >= 15 is 0 Å². The molecule has 2 heterocycles. The lowest BCUT2D eigenvalue weighted by atomic mass is 10.1. The summed E-state index contributed by atoms with van der Waals surface area (Å²) in [5.74, 6) is 3.21. The molecule has 0 saturated carbocycles. The minimum Gasteiger partial charge on any atom is -0.497 e. The van der Waals surface area contributed by atoms with Crippen molar-refractivity contribution in [1.82, 2.24) is 15.0 Å². The first-order chi connectivity index (χ1) is 12.7. The molecule has 0 fully saturated rings. The molecule has 0 aliphatic heterocycles. The number of pyridine rings is 1. The predicted octanol–water partition coefficient (Wildman–Crippen LogP) is 3.46. The van der Waals surface area contributed by atoms with E-state index in [1.54, 1.807) is 13.3 Å². The van der Waals surface area contributed by atoms with Gasteiger partial charge in [-0.1, -0.05) is 18.2 Å². The van der Waals surface area contributed by atoms with Crippen molar-refractivity contribution in [3.05, 3.63) is 71.8 Å². The predicted molar refractivity (Wildman–Crippen MR) is 104 cm³/mol. The SMILES string of the molecule is COc1cccc(CCNc2cc(NCc3cccnc3)nc(C)n2)c1. The van der Waals surface area contributed by atoms with Gasteiger partial charge in [-0.25, -0.2) is 9.97 Å². The second-order valence-corrected chi connectivity index (χ2v) is 5.93. The molecule has 0 bridgehead atoms. The molecule has 2 N–H and O–H groups in total. The van der Waals surface area contributed by atoms with Crippen molar-refractivity contribution in [2.24, 2.45) is 0 Å². The summed E-state index contributed by atoms with van der Waals surface area (Å²) in [5, 5.41) is 6.68. The van der Waals surface area contributed by atoms with E-state index in [1.165, 1.54) is 5.56 Å². The lowest BCUT2D eigenvalue weighted by Crippen LogP contribution is -2.09. The molecule has 0 saturated heterocycles. The maximum atomic E-state index is 5.26. The van der Waals surface area contributed by atoms with Crippen molar-refractivity contribution < 1.29 is 4.74 Å². The standard InChI is InChI=1S/C20H23N5O/c1-15-24-19(22-10-8-16-5-3-7-18(11-16)26-2)12-20(25-15)23-14-17-6-4-9-21-13-17/h3-7,9,11-13H,8,10,14H2,1-2H3,(H2,22,23,24,25). The van der Waals surface area contributed by atoms with E-state index in [9.17, 15) is 0 Å². The zero-order chi connectivity index (χ0) is 18.2. The molecule has 0 unspecified atom stereocenters. The third-order valence-corrected chi connectivity index (χ3v) is 3.89. The van der Waals surface area contributed by atoms with Gasteiger partial charge in [-0.2, -0.15) is 0 Å². The third-order valence-electron chi connectivity index (χ3n) is 3.89. The summed E-state index contributed by atoms with van der Waals surface area (Å²) in [5.41, 5.74) is 2.33. The Labute approximate surface area is 153 Å². The number of rotatable bonds is 8. The highest BCUT2D eigenvalue weighted by atomic mass is 16.5. The molecule has 2 aromatic heterocycles. The van der Waals surface area contributed by atoms with E-state index in [0.717, 1.165) is 41.7 Å². The molecule has 1 aromatic carbocycles. The van der Waals surface area contributed by atoms with Gasteiger partial charge in [0.15, 0.2) is 0 Å². The van der Waals surface area contributed by atoms with E-state index in [1.807, 2.05) is 49.5 Å². The van der Waals surface area contributed by atoms with E-state index < -0.39 is 0 Å². The van der Waals surface area contributed by atoms with Crippen LogP contribution in [0.1, 0.15) is 17.0 Å². The number of aromatic nitrogens is 3. The van der Waals surface area contributed by atoms with Crippen LogP contribution in [0.25, 0.3) is 0 Å². The van der Waals surface area contributed by atoms with Crippen molar-refractivity contribution in [2.45, 2.75) is 19.9 Å². The maximum Gasteiger partial charge on any atom is 0.132 e. The Morgan fingerprint density at radius 2 is 1.77 bits per heavy atom. The van der Waals surface area contributed by atoms with E-state index in [-0.39, 0.29) is 0 Å². The molecule has 0 aliphatic rings. The Hall–Kier alpha value is -3.15. The summed E-state index contributed by atoms with van der Waals surface area (Å²) in [6.45, 7) is 3.35. The summed E-state index contributed by atoms with van der Waals surface area (Å²) >= 11 is 0. The Bertz CT molecular complexity index is 839. The number of nitrogens with one attached hydrogen (secondary N) is 2. The van der Waals surface area contributed by atoms with Crippen LogP contribution in [-0.4, -0.2) is 28.6 Å². The van der Waals surface area contributed by atoms with Crippen LogP contribution < -0.4 is 15.4 Å². The van der Waals surface area contributed by atoms with Crippen molar-refractivity contribution in [3.8, 4) is 5.75 Å². The number of ether oxygens (including phenoxy) is 1. The number of hydrogen-bond donors (Lipinski definition) is 2. The second-order valence-electron chi connectivity index (χ2n) is 5.93. The zero-order valence-corrected chi connectivity index (χ0v) is 15.1. The van der Waals surface area contributed by atoms with Gasteiger partial charge in [0.05, 0.1) is 7.11 Å². The molecule has 6 nitrogen and oxygen atoms in total. The molecular weight excluding hydrogens is 326 g/mol. The summed E-state index contributed by atoms with van der Waals surface area (Å²) in [6.07, 6.45) is 4.50. The molecule has 0 amide bonds. The van der Waals surface area contributed by atoms with Gasteiger partial charge in [0.2, 0.25) is 0 Å². The molecule has 0 atom stereocenters. The zero-order valence-electron chi connectivity index (χ0n) is 15.1. The number of hydrogen-bond acceptors (Lipinski definition) is 6. The smallest absolute Gasteiger partial charge is 0.132 e. The van der Waals surface area contributed by atoms with Crippen LogP contribution in [0.4, 0.5) is 11.6 Å². The molecule has 0 aliphatic carbocycles. The Morgan fingerprint density at radius 3 is 2.54 bits per heavy atom. The number of nitrogens with zero attached hydrogens (tertiary/aromatic N) is 3. The van der Waals surface area contributed by atoms with E-state index in [0.29, 0.717) is 6.54 Å². The van der Waals surface area contributed by atoms with Crippen molar-refractivity contribution in [3.63, 3.8) is 0 Å². The number of aryl methyl sites for hydroxylation is 1. The van der Waals surface area contributed by atoms with Gasteiger partial charge in [-0.3, -0.25) is 4.98 Å². The Kier molecular flexibility index (Phi) is 5.98. The van der Waals surface area contributed by atoms with Crippen LogP contribution in [-0.2, 0) is 13.0 Å². The highest BCUT2D eigenvalue weighted by molar-refractivity contribution is 5.48. The summed E-state index contributed by atoms with van der Waals surface area (Å²) in [7, 11) is 1.68. The van der Waals surface area contributed by atoms with Crippen molar-refractivity contribution >= 4 is 11.6 Å². The number of methoxy groups -OCH3 is 1. The van der Waals surface area contributed by atoms with Crippen molar-refractivity contribution in [2.75, 3.05) is 24.3 Å². The average Bonchev–Trinajstić information content (AvgIpc) is 2.67. The van der Waals surface area contributed by atoms with E-state index in [2.05, 4.69) is 31.7 Å². The van der Waals surface area contributed by atoms with Gasteiger partial charge in [-0.05, 0) is 42.7 Å². The van der Waals surface area contributed by atoms with Crippen LogP contribution in [0, 0.1) is 6.92 Å². The van der Waals surface area contributed by atoms with Gasteiger partial charge < -0.3 is 15.4 Å². The first-order valence-electron chi connectivity index (χ1n) is 8.58. The van der Waals surface area contributed by atoms with Crippen molar-refractivity contribution in [1.29, 1.82) is 0 Å². The lowest BCUT2D eigenvalue weighted by molar-refractivity contribution is 0.414. The molecule has 3 rings (SSSR count). The first kappa shape index (κ1) is 17.7. The lowest BCUT2D eigenvalue weighted by Gasteiger charge is -2.10. The van der Waals surface area contributed by atoms with Crippen LogP contribution in [0.15, 0.2) is 54.9 Å². The minimum atomic E-state index is 0.674. The summed E-state index contributed by atoms with van der Waals surface area (Å²) < 4.78 is 5.26.